The molecule has 3 heteroatoms. The fourth-order valence-electron chi connectivity index (χ4n) is 3.32. The maximum absolute atomic E-state index is 6.23. The van der Waals surface area contributed by atoms with E-state index < -0.39 is 0 Å². The van der Waals surface area contributed by atoms with Gasteiger partial charge in [-0.2, -0.15) is 0 Å². The van der Waals surface area contributed by atoms with Gasteiger partial charge in [0.2, 0.25) is 0 Å². The predicted molar refractivity (Wildman–Crippen MR) is 66.9 cm³/mol. The van der Waals surface area contributed by atoms with Gasteiger partial charge >= 0.3 is 0 Å². The van der Waals surface area contributed by atoms with Crippen molar-refractivity contribution < 1.29 is 4.74 Å². The van der Waals surface area contributed by atoms with Gasteiger partial charge < -0.3 is 4.74 Å². The van der Waals surface area contributed by atoms with E-state index in [0.29, 0.717) is 12.0 Å². The topological polar surface area (TPSA) is 25.4 Å². The Bertz CT molecular complexity index is 432. The zero-order valence-corrected chi connectivity index (χ0v) is 10.8. The van der Waals surface area contributed by atoms with E-state index in [4.69, 9.17) is 4.74 Å². The lowest BCUT2D eigenvalue weighted by Crippen LogP contribution is -2.41. The van der Waals surface area contributed by atoms with Gasteiger partial charge in [-0.25, -0.2) is 0 Å². The fourth-order valence-corrected chi connectivity index (χ4v) is 3.32. The first kappa shape index (κ1) is 11.2. The SMILES string of the molecule is Cc1cc(C2CC3(N(C)C)CCC2O3)ccn1. The molecule has 3 atom stereocenters. The highest BCUT2D eigenvalue weighted by Crippen LogP contribution is 2.51. The molecule has 0 amide bonds. The summed E-state index contributed by atoms with van der Waals surface area (Å²) in [7, 11) is 4.26. The van der Waals surface area contributed by atoms with Crippen LogP contribution < -0.4 is 0 Å². The van der Waals surface area contributed by atoms with Crippen molar-refractivity contribution in [2.45, 2.75) is 43.9 Å². The highest BCUT2D eigenvalue weighted by atomic mass is 16.5. The van der Waals surface area contributed by atoms with Crippen LogP contribution in [0.1, 0.15) is 36.4 Å². The molecule has 3 nitrogen and oxygen atoms in total. The Balaban J connectivity index is 1.88. The summed E-state index contributed by atoms with van der Waals surface area (Å²) in [6.45, 7) is 2.05. The quantitative estimate of drug-likeness (QED) is 0.782. The van der Waals surface area contributed by atoms with Gasteiger partial charge in [-0.1, -0.05) is 0 Å². The van der Waals surface area contributed by atoms with Crippen LogP contribution in [-0.4, -0.2) is 35.8 Å². The Kier molecular flexibility index (Phi) is 2.49. The molecule has 2 fully saturated rings. The number of pyridine rings is 1. The number of hydrogen-bond donors (Lipinski definition) is 0. The van der Waals surface area contributed by atoms with Crippen molar-refractivity contribution in [2.24, 2.45) is 0 Å². The van der Waals surface area contributed by atoms with E-state index in [1.807, 2.05) is 6.20 Å². The lowest BCUT2D eigenvalue weighted by atomic mass is 9.81. The number of rotatable bonds is 2. The number of nitrogens with zero attached hydrogens (tertiary/aromatic N) is 2. The monoisotopic (exact) mass is 232 g/mol. The van der Waals surface area contributed by atoms with Crippen LogP contribution >= 0.6 is 0 Å². The minimum Gasteiger partial charge on any atom is -0.357 e. The van der Waals surface area contributed by atoms with Gasteiger partial charge in [0.15, 0.2) is 0 Å². The Labute approximate surface area is 103 Å². The molecule has 92 valence electrons. The van der Waals surface area contributed by atoms with Crippen LogP contribution in [-0.2, 0) is 4.74 Å². The normalized spacial score (nSPS) is 35.8. The molecule has 17 heavy (non-hydrogen) atoms. The van der Waals surface area contributed by atoms with Gasteiger partial charge in [0.05, 0.1) is 6.10 Å². The van der Waals surface area contributed by atoms with Crippen LogP contribution in [0.25, 0.3) is 0 Å². The summed E-state index contributed by atoms with van der Waals surface area (Å²) in [5.74, 6) is 0.549. The number of aromatic nitrogens is 1. The maximum atomic E-state index is 6.23. The van der Waals surface area contributed by atoms with Crippen molar-refractivity contribution in [1.82, 2.24) is 9.88 Å². The molecular weight excluding hydrogens is 212 g/mol. The summed E-state index contributed by atoms with van der Waals surface area (Å²) in [4.78, 5) is 6.53. The van der Waals surface area contributed by atoms with E-state index in [1.165, 1.54) is 18.4 Å². The minimum atomic E-state index is -0.00743. The standard InChI is InChI=1S/C14H20N2O/c1-10-8-11(5-7-15-10)12-9-14(16(2)3)6-4-13(12)17-14/h5,7-8,12-13H,4,6,9H2,1-3H3. The highest BCUT2D eigenvalue weighted by Gasteiger charge is 2.53. The molecule has 1 aromatic heterocycles. The van der Waals surface area contributed by atoms with Gasteiger partial charge in [0.25, 0.3) is 0 Å². The van der Waals surface area contributed by atoms with Gasteiger partial charge in [-0.3, -0.25) is 9.88 Å². The molecule has 0 saturated carbocycles. The van der Waals surface area contributed by atoms with Crippen LogP contribution in [0, 0.1) is 6.92 Å². The molecule has 2 aliphatic rings. The summed E-state index contributed by atoms with van der Waals surface area (Å²) >= 11 is 0. The van der Waals surface area contributed by atoms with Crippen molar-refractivity contribution in [3.63, 3.8) is 0 Å². The predicted octanol–water partition coefficient (Wildman–Crippen LogP) is 2.31. The van der Waals surface area contributed by atoms with Crippen LogP contribution in [0.3, 0.4) is 0 Å². The Morgan fingerprint density at radius 3 is 2.94 bits per heavy atom. The molecule has 3 heterocycles. The Morgan fingerprint density at radius 2 is 2.29 bits per heavy atom. The van der Waals surface area contributed by atoms with Crippen LogP contribution in [0.15, 0.2) is 18.3 Å². The third-order valence-corrected chi connectivity index (χ3v) is 4.34. The molecule has 1 aromatic rings. The van der Waals surface area contributed by atoms with Crippen LogP contribution in [0.2, 0.25) is 0 Å². The average Bonchev–Trinajstić information content (AvgIpc) is 2.88. The first-order chi connectivity index (χ1) is 8.11. The molecule has 2 saturated heterocycles. The van der Waals surface area contributed by atoms with Gasteiger partial charge in [-0.05, 0) is 58.0 Å². The second-order valence-electron chi connectivity index (χ2n) is 5.58. The van der Waals surface area contributed by atoms with Crippen molar-refractivity contribution in [2.75, 3.05) is 14.1 Å². The average molecular weight is 232 g/mol. The van der Waals surface area contributed by atoms with Crippen molar-refractivity contribution >= 4 is 0 Å². The van der Waals surface area contributed by atoms with Crippen molar-refractivity contribution in [3.8, 4) is 0 Å². The smallest absolute Gasteiger partial charge is 0.122 e. The molecule has 3 rings (SSSR count). The molecule has 0 N–H and O–H groups in total. The number of aryl methyl sites for hydroxylation is 1. The highest BCUT2D eigenvalue weighted by molar-refractivity contribution is 5.25. The van der Waals surface area contributed by atoms with Crippen LogP contribution in [0.4, 0.5) is 0 Å². The summed E-state index contributed by atoms with van der Waals surface area (Å²) in [5, 5.41) is 0. The van der Waals surface area contributed by atoms with Crippen LogP contribution in [0.5, 0.6) is 0 Å². The zero-order valence-electron chi connectivity index (χ0n) is 10.8. The lowest BCUT2D eigenvalue weighted by Gasteiger charge is -2.33. The molecule has 2 bridgehead atoms. The van der Waals surface area contributed by atoms with E-state index in [2.05, 4.69) is 43.0 Å². The maximum Gasteiger partial charge on any atom is 0.122 e. The Hall–Kier alpha value is -0.930. The lowest BCUT2D eigenvalue weighted by molar-refractivity contribution is -0.0860. The van der Waals surface area contributed by atoms with Gasteiger partial charge in [0, 0.05) is 17.8 Å². The van der Waals surface area contributed by atoms with E-state index >= 15 is 0 Å². The van der Waals surface area contributed by atoms with E-state index in [9.17, 15) is 0 Å². The van der Waals surface area contributed by atoms with Crippen molar-refractivity contribution in [3.05, 3.63) is 29.6 Å². The largest absolute Gasteiger partial charge is 0.357 e. The van der Waals surface area contributed by atoms with Gasteiger partial charge in [0.1, 0.15) is 5.72 Å². The number of ether oxygens (including phenoxy) is 1. The Morgan fingerprint density at radius 1 is 1.47 bits per heavy atom. The summed E-state index contributed by atoms with van der Waals surface area (Å²) in [6, 6.07) is 4.35. The molecule has 0 radical (unpaired) electrons. The van der Waals surface area contributed by atoms with E-state index in [1.54, 1.807) is 0 Å². The molecule has 0 spiro atoms. The minimum absolute atomic E-state index is 0.00743. The zero-order chi connectivity index (χ0) is 12.0. The summed E-state index contributed by atoms with van der Waals surface area (Å²) in [6.07, 6.45) is 5.79. The summed E-state index contributed by atoms with van der Waals surface area (Å²) in [5.41, 5.74) is 2.49. The third-order valence-electron chi connectivity index (χ3n) is 4.34. The van der Waals surface area contributed by atoms with E-state index in [0.717, 1.165) is 12.1 Å². The molecular formula is C14H20N2O. The first-order valence-corrected chi connectivity index (χ1v) is 6.38. The van der Waals surface area contributed by atoms with E-state index in [-0.39, 0.29) is 5.72 Å². The second kappa shape index (κ2) is 3.79. The second-order valence-corrected chi connectivity index (χ2v) is 5.58. The molecule has 0 aliphatic carbocycles. The summed E-state index contributed by atoms with van der Waals surface area (Å²) < 4.78 is 6.23. The number of fused-ring (bicyclic) bond motifs is 2. The first-order valence-electron chi connectivity index (χ1n) is 6.38. The fraction of sp³-hybridized carbons (Fsp3) is 0.643. The van der Waals surface area contributed by atoms with Crippen molar-refractivity contribution in [1.29, 1.82) is 0 Å². The third kappa shape index (κ3) is 1.69. The molecule has 3 unspecified atom stereocenters. The molecule has 2 aliphatic heterocycles. The number of hydrogen-bond acceptors (Lipinski definition) is 3. The van der Waals surface area contributed by atoms with Gasteiger partial charge in [-0.15, -0.1) is 0 Å². The molecule has 0 aromatic carbocycles.